The van der Waals surface area contributed by atoms with Gasteiger partial charge in [-0.1, -0.05) is 54.1 Å². The second kappa shape index (κ2) is 9.72. The fraction of sp³-hybridized carbons (Fsp3) is 0.136. The van der Waals surface area contributed by atoms with E-state index in [2.05, 4.69) is 4.72 Å². The van der Waals surface area contributed by atoms with Gasteiger partial charge in [0.05, 0.1) is 16.1 Å². The highest BCUT2D eigenvalue weighted by atomic mass is 35.5. The van der Waals surface area contributed by atoms with E-state index in [1.54, 1.807) is 30.3 Å². The lowest BCUT2D eigenvalue weighted by Crippen LogP contribution is -2.24. The second-order valence-corrected chi connectivity index (χ2v) is 8.87. The standard InChI is InChI=1S/C22H17ClF3NO4S/c23-19-10-9-17(12-20(19)32(29,30)27-13-15-5-2-1-3-6-15)21(28)31-14-16-7-4-8-18(11-16)22(24,25)26/h1-12,27H,13-14H2. The number of hydrogen-bond acceptors (Lipinski definition) is 4. The third-order valence-electron chi connectivity index (χ3n) is 4.39. The molecule has 0 spiro atoms. The van der Waals surface area contributed by atoms with E-state index in [1.165, 1.54) is 24.3 Å². The molecule has 32 heavy (non-hydrogen) atoms. The van der Waals surface area contributed by atoms with Crippen molar-refractivity contribution in [3.63, 3.8) is 0 Å². The van der Waals surface area contributed by atoms with Crippen LogP contribution in [0.4, 0.5) is 13.2 Å². The normalized spacial score (nSPS) is 11.9. The number of benzene rings is 3. The molecule has 3 aromatic rings. The highest BCUT2D eigenvalue weighted by Gasteiger charge is 2.30. The predicted molar refractivity (Wildman–Crippen MR) is 112 cm³/mol. The van der Waals surface area contributed by atoms with Gasteiger partial charge in [0.15, 0.2) is 0 Å². The summed E-state index contributed by atoms with van der Waals surface area (Å²) in [6.45, 7) is -0.399. The average molecular weight is 484 g/mol. The Morgan fingerprint density at radius 3 is 2.31 bits per heavy atom. The molecule has 1 N–H and O–H groups in total. The van der Waals surface area contributed by atoms with Gasteiger partial charge in [0.1, 0.15) is 11.5 Å². The van der Waals surface area contributed by atoms with Crippen LogP contribution in [0, 0.1) is 0 Å². The maximum Gasteiger partial charge on any atom is 0.416 e. The van der Waals surface area contributed by atoms with Crippen molar-refractivity contribution in [2.75, 3.05) is 0 Å². The van der Waals surface area contributed by atoms with Crippen LogP contribution in [0.5, 0.6) is 0 Å². The quantitative estimate of drug-likeness (QED) is 0.469. The van der Waals surface area contributed by atoms with Gasteiger partial charge in [0, 0.05) is 6.54 Å². The number of esters is 1. The minimum atomic E-state index is -4.52. The van der Waals surface area contributed by atoms with Crippen molar-refractivity contribution in [1.82, 2.24) is 4.72 Å². The number of rotatable bonds is 7. The molecule has 0 saturated heterocycles. The smallest absolute Gasteiger partial charge is 0.416 e. The maximum atomic E-state index is 12.8. The molecule has 0 aromatic heterocycles. The van der Waals surface area contributed by atoms with E-state index in [1.807, 2.05) is 0 Å². The molecule has 10 heteroatoms. The zero-order valence-corrected chi connectivity index (χ0v) is 18.0. The fourth-order valence-electron chi connectivity index (χ4n) is 2.76. The van der Waals surface area contributed by atoms with Gasteiger partial charge in [0.25, 0.3) is 0 Å². The Hall–Kier alpha value is -2.88. The molecule has 0 aliphatic rings. The highest BCUT2D eigenvalue weighted by Crippen LogP contribution is 2.30. The first-order valence-corrected chi connectivity index (χ1v) is 11.1. The number of halogens is 4. The van der Waals surface area contributed by atoms with Crippen LogP contribution in [-0.4, -0.2) is 14.4 Å². The molecule has 0 radical (unpaired) electrons. The summed E-state index contributed by atoms with van der Waals surface area (Å²) in [7, 11) is -4.05. The number of nitrogens with one attached hydrogen (secondary N) is 1. The lowest BCUT2D eigenvalue weighted by Gasteiger charge is -2.11. The average Bonchev–Trinajstić information content (AvgIpc) is 2.76. The molecule has 0 atom stereocenters. The number of alkyl halides is 3. The number of ether oxygens (including phenoxy) is 1. The monoisotopic (exact) mass is 483 g/mol. The van der Waals surface area contributed by atoms with Crippen LogP contribution in [0.1, 0.15) is 27.0 Å². The van der Waals surface area contributed by atoms with Gasteiger partial charge in [-0.05, 0) is 41.5 Å². The third kappa shape index (κ3) is 6.09. The van der Waals surface area contributed by atoms with Crippen molar-refractivity contribution in [2.45, 2.75) is 24.2 Å². The summed E-state index contributed by atoms with van der Waals surface area (Å²) in [5.74, 6) is -0.904. The molecule has 0 bridgehead atoms. The van der Waals surface area contributed by atoms with E-state index in [4.69, 9.17) is 16.3 Å². The van der Waals surface area contributed by atoms with Gasteiger partial charge in [-0.15, -0.1) is 0 Å². The lowest BCUT2D eigenvalue weighted by molar-refractivity contribution is -0.137. The summed E-state index contributed by atoms with van der Waals surface area (Å²) in [6, 6.07) is 16.7. The Morgan fingerprint density at radius 2 is 1.62 bits per heavy atom. The van der Waals surface area contributed by atoms with Crippen molar-refractivity contribution in [3.8, 4) is 0 Å². The second-order valence-electron chi connectivity index (χ2n) is 6.73. The van der Waals surface area contributed by atoms with Gasteiger partial charge in [-0.3, -0.25) is 0 Å². The van der Waals surface area contributed by atoms with E-state index < -0.39 is 34.3 Å². The van der Waals surface area contributed by atoms with Crippen LogP contribution in [0.2, 0.25) is 5.02 Å². The molecule has 0 saturated carbocycles. The highest BCUT2D eigenvalue weighted by molar-refractivity contribution is 7.89. The van der Waals surface area contributed by atoms with Crippen LogP contribution >= 0.6 is 11.6 Å². The molecule has 0 fully saturated rings. The first-order chi connectivity index (χ1) is 15.1. The minimum absolute atomic E-state index is 0.0176. The maximum absolute atomic E-state index is 12.8. The summed E-state index contributed by atoms with van der Waals surface area (Å²) in [5.41, 5.74) is -0.111. The van der Waals surface area contributed by atoms with Crippen LogP contribution in [0.3, 0.4) is 0 Å². The summed E-state index contributed by atoms with van der Waals surface area (Å²) in [5, 5.41) is -0.0972. The molecule has 3 aromatic carbocycles. The Bertz CT molecular complexity index is 1220. The summed E-state index contributed by atoms with van der Waals surface area (Å²) >= 11 is 6.02. The molecular formula is C22H17ClF3NO4S. The Morgan fingerprint density at radius 1 is 0.938 bits per heavy atom. The first kappa shape index (κ1) is 23.8. The zero-order valence-electron chi connectivity index (χ0n) is 16.4. The van der Waals surface area contributed by atoms with Crippen molar-refractivity contribution in [3.05, 3.63) is 100 Å². The summed E-state index contributed by atoms with van der Waals surface area (Å²) in [4.78, 5) is 12.1. The predicted octanol–water partition coefficient (Wildman–Crippen LogP) is 5.19. The van der Waals surface area contributed by atoms with Gasteiger partial charge in [-0.25, -0.2) is 17.9 Å². The zero-order chi connectivity index (χ0) is 23.4. The topological polar surface area (TPSA) is 72.5 Å². The van der Waals surface area contributed by atoms with Crippen molar-refractivity contribution in [2.24, 2.45) is 0 Å². The van der Waals surface area contributed by atoms with Crippen molar-refractivity contribution >= 4 is 27.6 Å². The number of hydrogen-bond donors (Lipinski definition) is 1. The van der Waals surface area contributed by atoms with Crippen LogP contribution in [0.15, 0.2) is 77.7 Å². The number of carbonyl (C=O) groups excluding carboxylic acids is 1. The van der Waals surface area contributed by atoms with E-state index in [0.717, 1.165) is 23.8 Å². The van der Waals surface area contributed by atoms with E-state index in [-0.39, 0.29) is 27.6 Å². The van der Waals surface area contributed by atoms with E-state index in [9.17, 15) is 26.4 Å². The largest absolute Gasteiger partial charge is 0.457 e. The summed E-state index contributed by atoms with van der Waals surface area (Å²) in [6.07, 6.45) is -4.52. The van der Waals surface area contributed by atoms with Gasteiger partial charge < -0.3 is 4.74 Å². The molecule has 0 heterocycles. The molecule has 0 aliphatic heterocycles. The van der Waals surface area contributed by atoms with Crippen LogP contribution in [0.25, 0.3) is 0 Å². The number of sulfonamides is 1. The molecule has 168 valence electrons. The van der Waals surface area contributed by atoms with Crippen molar-refractivity contribution < 1.29 is 31.1 Å². The SMILES string of the molecule is O=C(OCc1cccc(C(F)(F)F)c1)c1ccc(Cl)c(S(=O)(=O)NCc2ccccc2)c1. The molecular weight excluding hydrogens is 467 g/mol. The third-order valence-corrected chi connectivity index (χ3v) is 6.27. The molecule has 0 unspecified atom stereocenters. The Kier molecular flexibility index (Phi) is 7.22. The Labute approximate surface area is 187 Å². The van der Waals surface area contributed by atoms with Gasteiger partial charge in [-0.2, -0.15) is 13.2 Å². The van der Waals surface area contributed by atoms with E-state index in [0.29, 0.717) is 0 Å². The lowest BCUT2D eigenvalue weighted by atomic mass is 10.1. The molecule has 5 nitrogen and oxygen atoms in total. The summed E-state index contributed by atoms with van der Waals surface area (Å²) < 4.78 is 71.2. The minimum Gasteiger partial charge on any atom is -0.457 e. The Balaban J connectivity index is 1.72. The molecule has 3 rings (SSSR count). The first-order valence-electron chi connectivity index (χ1n) is 9.23. The fourth-order valence-corrected chi connectivity index (χ4v) is 4.30. The number of carbonyl (C=O) groups is 1. The van der Waals surface area contributed by atoms with Crippen LogP contribution in [-0.2, 0) is 34.1 Å². The molecule has 0 aliphatic carbocycles. The van der Waals surface area contributed by atoms with Gasteiger partial charge >= 0.3 is 12.1 Å². The molecule has 0 amide bonds. The van der Waals surface area contributed by atoms with E-state index >= 15 is 0 Å². The van der Waals surface area contributed by atoms with Crippen molar-refractivity contribution in [1.29, 1.82) is 0 Å². The van der Waals surface area contributed by atoms with Crippen LogP contribution < -0.4 is 4.72 Å². The van der Waals surface area contributed by atoms with Gasteiger partial charge in [0.2, 0.25) is 10.0 Å².